The van der Waals surface area contributed by atoms with Crippen molar-refractivity contribution in [3.05, 3.63) is 38.6 Å². The number of nitrogens with two attached hydrogens (primary N) is 1. The molecule has 1 heterocycles. The van der Waals surface area contributed by atoms with Crippen LogP contribution in [0.5, 0.6) is 0 Å². The lowest BCUT2D eigenvalue weighted by Crippen LogP contribution is -2.02. The van der Waals surface area contributed by atoms with E-state index >= 15 is 0 Å². The van der Waals surface area contributed by atoms with E-state index in [0.29, 0.717) is 16.6 Å². The highest BCUT2D eigenvalue weighted by atomic mass is 35.5. The van der Waals surface area contributed by atoms with Gasteiger partial charge in [-0.1, -0.05) is 29.3 Å². The van der Waals surface area contributed by atoms with Gasteiger partial charge in [0.1, 0.15) is 0 Å². The largest absolute Gasteiger partial charge is 0.330 e. The minimum Gasteiger partial charge on any atom is -0.330 e. The SMILES string of the molecule is NCCc1nc(-c2c(Cl)cccc2Cl)cs1. The minimum absolute atomic E-state index is 0.600. The van der Waals surface area contributed by atoms with Gasteiger partial charge in [-0.2, -0.15) is 0 Å². The van der Waals surface area contributed by atoms with Gasteiger partial charge in [0.05, 0.1) is 20.7 Å². The third-order valence-corrected chi connectivity index (χ3v) is 3.67. The summed E-state index contributed by atoms with van der Waals surface area (Å²) in [6, 6.07) is 5.44. The van der Waals surface area contributed by atoms with Gasteiger partial charge in [-0.25, -0.2) is 4.98 Å². The lowest BCUT2D eigenvalue weighted by molar-refractivity contribution is 0.954. The molecule has 0 saturated carbocycles. The molecule has 5 heteroatoms. The maximum absolute atomic E-state index is 6.11. The van der Waals surface area contributed by atoms with Crippen LogP contribution >= 0.6 is 34.5 Å². The first kappa shape index (κ1) is 11.9. The summed E-state index contributed by atoms with van der Waals surface area (Å²) in [5.41, 5.74) is 7.10. The highest BCUT2D eigenvalue weighted by Gasteiger charge is 2.11. The summed E-state index contributed by atoms with van der Waals surface area (Å²) < 4.78 is 0. The molecule has 2 aromatic rings. The van der Waals surface area contributed by atoms with Crippen LogP contribution in [0.4, 0.5) is 0 Å². The zero-order valence-corrected chi connectivity index (χ0v) is 10.7. The Morgan fingerprint density at radius 3 is 2.56 bits per heavy atom. The van der Waals surface area contributed by atoms with Crippen LogP contribution in [0, 0.1) is 0 Å². The maximum Gasteiger partial charge on any atom is 0.0945 e. The first-order chi connectivity index (χ1) is 7.72. The zero-order chi connectivity index (χ0) is 11.5. The molecule has 0 bridgehead atoms. The van der Waals surface area contributed by atoms with Crippen molar-refractivity contribution in [3.8, 4) is 11.3 Å². The molecule has 0 aliphatic rings. The van der Waals surface area contributed by atoms with Crippen molar-refractivity contribution in [2.75, 3.05) is 6.54 Å². The molecular formula is C11H10Cl2N2S. The van der Waals surface area contributed by atoms with Crippen LogP contribution in [0.1, 0.15) is 5.01 Å². The van der Waals surface area contributed by atoms with Crippen molar-refractivity contribution >= 4 is 34.5 Å². The summed E-state index contributed by atoms with van der Waals surface area (Å²) in [7, 11) is 0. The van der Waals surface area contributed by atoms with E-state index in [1.807, 2.05) is 23.6 Å². The third-order valence-electron chi connectivity index (χ3n) is 2.13. The summed E-state index contributed by atoms with van der Waals surface area (Å²) >= 11 is 13.8. The summed E-state index contributed by atoms with van der Waals surface area (Å²) in [4.78, 5) is 4.46. The van der Waals surface area contributed by atoms with Crippen LogP contribution in [0.25, 0.3) is 11.3 Å². The van der Waals surface area contributed by atoms with Crippen molar-refractivity contribution in [1.29, 1.82) is 0 Å². The number of benzene rings is 1. The zero-order valence-electron chi connectivity index (χ0n) is 8.41. The second-order valence-electron chi connectivity index (χ2n) is 3.26. The number of hydrogen-bond donors (Lipinski definition) is 1. The molecule has 0 saturated heterocycles. The number of aromatic nitrogens is 1. The molecule has 2 N–H and O–H groups in total. The lowest BCUT2D eigenvalue weighted by atomic mass is 10.2. The fourth-order valence-corrected chi connectivity index (χ4v) is 2.80. The van der Waals surface area contributed by atoms with E-state index in [-0.39, 0.29) is 0 Å². The van der Waals surface area contributed by atoms with E-state index in [0.717, 1.165) is 22.7 Å². The van der Waals surface area contributed by atoms with E-state index in [2.05, 4.69) is 4.98 Å². The average molecular weight is 273 g/mol. The normalized spacial score (nSPS) is 10.7. The number of thiazole rings is 1. The average Bonchev–Trinajstić information content (AvgIpc) is 2.67. The Morgan fingerprint density at radius 1 is 1.25 bits per heavy atom. The lowest BCUT2D eigenvalue weighted by Gasteiger charge is -2.02. The number of halogens is 2. The molecule has 2 nitrogen and oxygen atoms in total. The molecule has 0 fully saturated rings. The summed E-state index contributed by atoms with van der Waals surface area (Å²) in [6.45, 7) is 0.600. The molecular weight excluding hydrogens is 263 g/mol. The topological polar surface area (TPSA) is 38.9 Å². The van der Waals surface area contributed by atoms with E-state index in [4.69, 9.17) is 28.9 Å². The van der Waals surface area contributed by atoms with Gasteiger partial charge in [0.2, 0.25) is 0 Å². The number of rotatable bonds is 3. The summed E-state index contributed by atoms with van der Waals surface area (Å²) in [5.74, 6) is 0. The highest BCUT2D eigenvalue weighted by molar-refractivity contribution is 7.10. The van der Waals surface area contributed by atoms with Gasteiger partial charge in [-0.05, 0) is 18.7 Å². The van der Waals surface area contributed by atoms with Crippen LogP contribution in [0.3, 0.4) is 0 Å². The van der Waals surface area contributed by atoms with E-state index in [1.54, 1.807) is 11.3 Å². The van der Waals surface area contributed by atoms with Crippen LogP contribution in [-0.4, -0.2) is 11.5 Å². The first-order valence-corrected chi connectivity index (χ1v) is 6.45. The first-order valence-electron chi connectivity index (χ1n) is 4.81. The predicted molar refractivity (Wildman–Crippen MR) is 70.3 cm³/mol. The van der Waals surface area contributed by atoms with Crippen LogP contribution in [0.15, 0.2) is 23.6 Å². The van der Waals surface area contributed by atoms with Crippen LogP contribution in [0.2, 0.25) is 10.0 Å². The van der Waals surface area contributed by atoms with Crippen molar-refractivity contribution in [3.63, 3.8) is 0 Å². The smallest absolute Gasteiger partial charge is 0.0945 e. The molecule has 84 valence electrons. The van der Waals surface area contributed by atoms with E-state index in [1.165, 1.54) is 0 Å². The Morgan fingerprint density at radius 2 is 1.94 bits per heavy atom. The second-order valence-corrected chi connectivity index (χ2v) is 5.02. The minimum atomic E-state index is 0.600. The monoisotopic (exact) mass is 272 g/mol. The molecule has 0 aliphatic carbocycles. The van der Waals surface area contributed by atoms with Crippen molar-refractivity contribution in [1.82, 2.24) is 4.98 Å². The fraction of sp³-hybridized carbons (Fsp3) is 0.182. The summed E-state index contributed by atoms with van der Waals surface area (Å²) in [5, 5.41) is 4.21. The van der Waals surface area contributed by atoms with E-state index in [9.17, 15) is 0 Å². The Bertz CT molecular complexity index is 476. The van der Waals surface area contributed by atoms with Gasteiger partial charge in [-0.3, -0.25) is 0 Å². The Labute approximate surface area is 108 Å². The Hall–Kier alpha value is -0.610. The quantitative estimate of drug-likeness (QED) is 0.927. The molecule has 2 rings (SSSR count). The van der Waals surface area contributed by atoms with Crippen LogP contribution in [-0.2, 0) is 6.42 Å². The van der Waals surface area contributed by atoms with E-state index < -0.39 is 0 Å². The number of hydrogen-bond acceptors (Lipinski definition) is 3. The molecule has 0 unspecified atom stereocenters. The standard InChI is InChI=1S/C11H10Cl2N2S/c12-7-2-1-3-8(13)11(7)9-6-16-10(15-9)4-5-14/h1-3,6H,4-5,14H2. The predicted octanol–water partition coefficient (Wildman–Crippen LogP) is 3.62. The maximum atomic E-state index is 6.11. The van der Waals surface area contributed by atoms with Crippen molar-refractivity contribution in [2.45, 2.75) is 6.42 Å². The number of nitrogens with zero attached hydrogens (tertiary/aromatic N) is 1. The van der Waals surface area contributed by atoms with Gasteiger partial charge in [-0.15, -0.1) is 11.3 Å². The van der Waals surface area contributed by atoms with Crippen LogP contribution < -0.4 is 5.73 Å². The fourth-order valence-electron chi connectivity index (χ4n) is 1.41. The Kier molecular flexibility index (Phi) is 3.82. The molecule has 16 heavy (non-hydrogen) atoms. The molecule has 0 amide bonds. The molecule has 0 radical (unpaired) electrons. The molecule has 1 aromatic carbocycles. The third kappa shape index (κ3) is 2.38. The molecule has 0 aliphatic heterocycles. The van der Waals surface area contributed by atoms with Gasteiger partial charge in [0.15, 0.2) is 0 Å². The molecule has 0 spiro atoms. The van der Waals surface area contributed by atoms with Crippen molar-refractivity contribution in [2.24, 2.45) is 5.73 Å². The molecule has 1 aromatic heterocycles. The second kappa shape index (κ2) is 5.15. The van der Waals surface area contributed by atoms with Gasteiger partial charge >= 0.3 is 0 Å². The van der Waals surface area contributed by atoms with Gasteiger partial charge in [0, 0.05) is 17.4 Å². The van der Waals surface area contributed by atoms with Crippen molar-refractivity contribution < 1.29 is 0 Å². The Balaban J connectivity index is 2.42. The highest BCUT2D eigenvalue weighted by Crippen LogP contribution is 2.34. The molecule has 0 atom stereocenters. The van der Waals surface area contributed by atoms with Gasteiger partial charge in [0.25, 0.3) is 0 Å². The van der Waals surface area contributed by atoms with Gasteiger partial charge < -0.3 is 5.73 Å². The summed E-state index contributed by atoms with van der Waals surface area (Å²) in [6.07, 6.45) is 0.784.